The predicted molar refractivity (Wildman–Crippen MR) is 103 cm³/mol. The number of hydrogen-bond donors (Lipinski definition) is 0. The van der Waals surface area contributed by atoms with Crippen molar-refractivity contribution in [3.8, 4) is 0 Å². The van der Waals surface area contributed by atoms with Gasteiger partial charge in [0.1, 0.15) is 10.8 Å². The van der Waals surface area contributed by atoms with Crippen LogP contribution in [0.15, 0.2) is 30.6 Å². The van der Waals surface area contributed by atoms with E-state index >= 15 is 0 Å². The van der Waals surface area contributed by atoms with E-state index in [1.54, 1.807) is 30.7 Å². The molecular weight excluding hydrogens is 344 g/mol. The predicted octanol–water partition coefficient (Wildman–Crippen LogP) is 3.38. The number of fused-ring (bicyclic) bond motifs is 2. The molecule has 0 saturated heterocycles. The molecule has 0 aliphatic carbocycles. The largest absolute Gasteiger partial charge is 0.300 e. The van der Waals surface area contributed by atoms with E-state index in [4.69, 9.17) is 4.98 Å². The number of benzene rings is 1. The Bertz CT molecular complexity index is 926. The van der Waals surface area contributed by atoms with Crippen LogP contribution in [0.5, 0.6) is 0 Å². The zero-order chi connectivity index (χ0) is 18.1. The maximum atomic E-state index is 11.3. The molecule has 1 aliphatic rings. The van der Waals surface area contributed by atoms with Crippen LogP contribution in [-0.4, -0.2) is 38.7 Å². The first-order chi connectivity index (χ1) is 12.6. The number of nitrogens with zero attached hydrogens (tertiary/aromatic N) is 4. The van der Waals surface area contributed by atoms with Gasteiger partial charge in [-0.3, -0.25) is 19.7 Å². The molecule has 26 heavy (non-hydrogen) atoms. The summed E-state index contributed by atoms with van der Waals surface area (Å²) in [5.41, 5.74) is 4.34. The lowest BCUT2D eigenvalue weighted by Crippen LogP contribution is -2.29. The van der Waals surface area contributed by atoms with Crippen LogP contribution in [0.1, 0.15) is 41.0 Å². The molecule has 0 spiro atoms. The molecule has 6 heteroatoms. The number of aromatic nitrogens is 3. The normalized spacial score (nSPS) is 16.2. The molecule has 0 saturated carbocycles. The number of carbonyl (C=O) groups excluding carboxylic acids is 1. The summed E-state index contributed by atoms with van der Waals surface area (Å²) >= 11 is 1.71. The second-order valence-corrected chi connectivity index (χ2v) is 8.04. The van der Waals surface area contributed by atoms with Crippen molar-refractivity contribution in [3.63, 3.8) is 0 Å². The van der Waals surface area contributed by atoms with Gasteiger partial charge >= 0.3 is 0 Å². The lowest BCUT2D eigenvalue weighted by atomic mass is 10.1. The van der Waals surface area contributed by atoms with Crippen molar-refractivity contribution in [2.75, 3.05) is 13.1 Å². The SMILES string of the molecule is CC(=O)Cc1nc2c(s1)CCN(C(C)c1ccc3nccnc3c1)CC2. The van der Waals surface area contributed by atoms with Crippen LogP contribution >= 0.6 is 11.3 Å². The van der Waals surface area contributed by atoms with Crippen molar-refractivity contribution in [2.24, 2.45) is 0 Å². The first-order valence-electron chi connectivity index (χ1n) is 9.02. The van der Waals surface area contributed by atoms with Crippen LogP contribution in [0.2, 0.25) is 0 Å². The standard InChI is InChI=1S/C20H22N4OS/c1-13(25)11-20-23-17-5-9-24(10-6-19(17)26-20)14(2)15-3-4-16-18(12-15)22-8-7-21-16/h3-4,7-8,12,14H,5-6,9-11H2,1-2H3. The van der Waals surface area contributed by atoms with E-state index in [1.165, 1.54) is 16.1 Å². The molecule has 5 nitrogen and oxygen atoms in total. The minimum atomic E-state index is 0.184. The van der Waals surface area contributed by atoms with Crippen molar-refractivity contribution in [1.82, 2.24) is 19.9 Å². The van der Waals surface area contributed by atoms with Gasteiger partial charge in [0.2, 0.25) is 0 Å². The molecule has 0 N–H and O–H groups in total. The quantitative estimate of drug-likeness (QED) is 0.708. The molecule has 1 aromatic carbocycles. The zero-order valence-corrected chi connectivity index (χ0v) is 15.9. The average molecular weight is 366 g/mol. The number of carbonyl (C=O) groups is 1. The fraction of sp³-hybridized carbons (Fsp3) is 0.400. The van der Waals surface area contributed by atoms with E-state index in [2.05, 4.69) is 40.0 Å². The fourth-order valence-corrected chi connectivity index (χ4v) is 4.74. The number of Topliss-reactive ketones (excluding diaryl/α,β-unsaturated/α-hetero) is 1. The molecule has 1 atom stereocenters. The van der Waals surface area contributed by atoms with E-state index in [0.29, 0.717) is 12.5 Å². The monoisotopic (exact) mass is 366 g/mol. The Balaban J connectivity index is 1.49. The topological polar surface area (TPSA) is 59.0 Å². The fourth-order valence-electron chi connectivity index (χ4n) is 3.56. The van der Waals surface area contributed by atoms with Gasteiger partial charge in [0.05, 0.1) is 23.1 Å². The van der Waals surface area contributed by atoms with Gasteiger partial charge in [-0.15, -0.1) is 11.3 Å². The Morgan fingerprint density at radius 1 is 1.19 bits per heavy atom. The summed E-state index contributed by atoms with van der Waals surface area (Å²) in [5, 5.41) is 0.970. The summed E-state index contributed by atoms with van der Waals surface area (Å²) in [6.45, 7) is 5.87. The molecule has 134 valence electrons. The number of ketones is 1. The van der Waals surface area contributed by atoms with Gasteiger partial charge in [-0.2, -0.15) is 0 Å². The molecule has 1 unspecified atom stereocenters. The lowest BCUT2D eigenvalue weighted by molar-refractivity contribution is -0.116. The van der Waals surface area contributed by atoms with Crippen molar-refractivity contribution in [2.45, 2.75) is 39.2 Å². The number of hydrogen-bond acceptors (Lipinski definition) is 6. The Morgan fingerprint density at radius 2 is 1.96 bits per heavy atom. The van der Waals surface area contributed by atoms with E-state index < -0.39 is 0 Å². The molecule has 3 heterocycles. The highest BCUT2D eigenvalue weighted by molar-refractivity contribution is 7.11. The molecule has 0 amide bonds. The maximum absolute atomic E-state index is 11.3. The highest BCUT2D eigenvalue weighted by atomic mass is 32.1. The Kier molecular flexibility index (Phi) is 4.78. The Morgan fingerprint density at radius 3 is 2.77 bits per heavy atom. The van der Waals surface area contributed by atoms with Crippen molar-refractivity contribution in [3.05, 3.63) is 51.7 Å². The third kappa shape index (κ3) is 3.52. The van der Waals surface area contributed by atoms with Gasteiger partial charge in [0.25, 0.3) is 0 Å². The number of thiazole rings is 1. The molecule has 1 aliphatic heterocycles. The van der Waals surface area contributed by atoms with Crippen molar-refractivity contribution < 1.29 is 4.79 Å². The molecule has 0 fully saturated rings. The minimum absolute atomic E-state index is 0.184. The van der Waals surface area contributed by atoms with Crippen molar-refractivity contribution in [1.29, 1.82) is 0 Å². The summed E-state index contributed by atoms with van der Waals surface area (Å²) < 4.78 is 0. The molecule has 2 aromatic heterocycles. The zero-order valence-electron chi connectivity index (χ0n) is 15.1. The minimum Gasteiger partial charge on any atom is -0.300 e. The van der Waals surface area contributed by atoms with Gasteiger partial charge in [0.15, 0.2) is 0 Å². The van der Waals surface area contributed by atoms with E-state index in [0.717, 1.165) is 42.0 Å². The van der Waals surface area contributed by atoms with Gasteiger partial charge in [-0.05, 0) is 38.0 Å². The summed E-state index contributed by atoms with van der Waals surface area (Å²) in [6.07, 6.45) is 5.89. The molecule has 3 aromatic rings. The highest BCUT2D eigenvalue weighted by Crippen LogP contribution is 2.28. The van der Waals surface area contributed by atoms with Crippen LogP contribution in [0.4, 0.5) is 0 Å². The van der Waals surface area contributed by atoms with E-state index in [9.17, 15) is 4.79 Å². The molecule has 0 radical (unpaired) electrons. The summed E-state index contributed by atoms with van der Waals surface area (Å²) in [6, 6.07) is 6.69. The number of rotatable bonds is 4. The van der Waals surface area contributed by atoms with Gasteiger partial charge in [-0.1, -0.05) is 6.07 Å². The van der Waals surface area contributed by atoms with Crippen LogP contribution < -0.4 is 0 Å². The first kappa shape index (κ1) is 17.2. The smallest absolute Gasteiger partial charge is 0.136 e. The lowest BCUT2D eigenvalue weighted by Gasteiger charge is -2.28. The third-order valence-electron chi connectivity index (χ3n) is 5.01. The summed E-state index contributed by atoms with van der Waals surface area (Å²) in [4.78, 5) is 28.7. The summed E-state index contributed by atoms with van der Waals surface area (Å²) in [7, 11) is 0. The van der Waals surface area contributed by atoms with E-state index in [1.807, 2.05) is 0 Å². The highest BCUT2D eigenvalue weighted by Gasteiger charge is 2.22. The third-order valence-corrected chi connectivity index (χ3v) is 6.17. The Hall–Kier alpha value is -2.18. The molecular formula is C20H22N4OS. The van der Waals surface area contributed by atoms with Gasteiger partial charge < -0.3 is 0 Å². The van der Waals surface area contributed by atoms with Crippen LogP contribution in [0.3, 0.4) is 0 Å². The summed E-state index contributed by atoms with van der Waals surface area (Å²) in [5.74, 6) is 0.184. The second-order valence-electron chi connectivity index (χ2n) is 6.87. The first-order valence-corrected chi connectivity index (χ1v) is 9.83. The van der Waals surface area contributed by atoms with Crippen LogP contribution in [0.25, 0.3) is 11.0 Å². The molecule has 4 rings (SSSR count). The van der Waals surface area contributed by atoms with Gasteiger partial charge in [0, 0.05) is 42.8 Å². The van der Waals surface area contributed by atoms with E-state index in [-0.39, 0.29) is 5.78 Å². The van der Waals surface area contributed by atoms with Gasteiger partial charge in [-0.25, -0.2) is 4.98 Å². The second kappa shape index (κ2) is 7.21. The van der Waals surface area contributed by atoms with Crippen molar-refractivity contribution >= 4 is 28.2 Å². The maximum Gasteiger partial charge on any atom is 0.136 e. The Labute approximate surface area is 157 Å². The average Bonchev–Trinajstić information content (AvgIpc) is 2.91. The van der Waals surface area contributed by atoms with Crippen LogP contribution in [-0.2, 0) is 24.1 Å². The van der Waals surface area contributed by atoms with Crippen LogP contribution in [0, 0.1) is 0 Å². The molecule has 0 bridgehead atoms.